The van der Waals surface area contributed by atoms with Crippen LogP contribution in [-0.2, 0) is 51.8 Å². The van der Waals surface area contributed by atoms with E-state index in [2.05, 4.69) is 12.6 Å². The monoisotopic (exact) mass is 500 g/mol. The second kappa shape index (κ2) is 15.6. The Bertz CT molecular complexity index is 802. The molecule has 163 valence electrons. The largest absolute Gasteiger partial charge is 0.519 e. The molecule has 2 rings (SSSR count). The van der Waals surface area contributed by atoms with Crippen LogP contribution in [0, 0.1) is 6.07 Å². The van der Waals surface area contributed by atoms with Crippen molar-refractivity contribution in [2.75, 3.05) is 26.4 Å². The smallest absolute Gasteiger partial charge is 0.330 e. The molecule has 2 aromatic rings. The van der Waals surface area contributed by atoms with Crippen molar-refractivity contribution in [3.63, 3.8) is 0 Å². The van der Waals surface area contributed by atoms with Crippen LogP contribution < -0.4 is 9.47 Å². The van der Waals surface area contributed by atoms with Crippen LogP contribution >= 0.6 is 0 Å². The fraction of sp³-hybridized carbons (Fsp3) is 0.333. The zero-order valence-corrected chi connectivity index (χ0v) is 20.6. The van der Waals surface area contributed by atoms with Crippen molar-refractivity contribution in [2.24, 2.45) is 0 Å². The van der Waals surface area contributed by atoms with Gasteiger partial charge in [-0.1, -0.05) is 31.2 Å². The van der Waals surface area contributed by atoms with Crippen molar-refractivity contribution in [1.29, 1.82) is 0 Å². The maximum atomic E-state index is 11.1. The summed E-state index contributed by atoms with van der Waals surface area (Å²) in [6.45, 7) is 6.70. The van der Waals surface area contributed by atoms with E-state index in [1.54, 1.807) is 6.92 Å². The summed E-state index contributed by atoms with van der Waals surface area (Å²) in [7, 11) is 0. The summed E-state index contributed by atoms with van der Waals surface area (Å²) in [5.41, 5.74) is 2.05. The number of hydrogen-bond donors (Lipinski definition) is 0. The predicted octanol–water partition coefficient (Wildman–Crippen LogP) is 4.37. The Hall–Kier alpha value is -2.18. The zero-order chi connectivity index (χ0) is 21.6. The number of hydrogen-bond acceptors (Lipinski definition) is 6. The SMILES string of the molecule is C=CC(=O)OCCCOc1[c-]cc(-c2ccc(OCCCOC(=O)CC)cc2)cc1.[Y]. The molecule has 6 nitrogen and oxygen atoms in total. The van der Waals surface area contributed by atoms with E-state index in [4.69, 9.17) is 18.9 Å². The summed E-state index contributed by atoms with van der Waals surface area (Å²) in [4.78, 5) is 22.0. The van der Waals surface area contributed by atoms with Crippen LogP contribution in [0.5, 0.6) is 11.5 Å². The molecule has 0 N–H and O–H groups in total. The molecular weight excluding hydrogens is 473 g/mol. The number of rotatable bonds is 13. The molecule has 0 aliphatic carbocycles. The van der Waals surface area contributed by atoms with E-state index in [1.165, 1.54) is 0 Å². The molecule has 0 aliphatic rings. The van der Waals surface area contributed by atoms with Gasteiger partial charge in [-0.25, -0.2) is 4.79 Å². The van der Waals surface area contributed by atoms with Crippen LogP contribution in [-0.4, -0.2) is 38.4 Å². The van der Waals surface area contributed by atoms with Crippen molar-refractivity contribution >= 4 is 11.9 Å². The first-order chi connectivity index (χ1) is 14.6. The van der Waals surface area contributed by atoms with Crippen molar-refractivity contribution in [1.82, 2.24) is 0 Å². The fourth-order valence-corrected chi connectivity index (χ4v) is 2.43. The van der Waals surface area contributed by atoms with Crippen LogP contribution in [0.2, 0.25) is 0 Å². The van der Waals surface area contributed by atoms with E-state index in [9.17, 15) is 9.59 Å². The first-order valence-electron chi connectivity index (χ1n) is 9.95. The van der Waals surface area contributed by atoms with Gasteiger partial charge in [0.15, 0.2) is 0 Å². The third-order valence-corrected chi connectivity index (χ3v) is 4.04. The Kier molecular flexibility index (Phi) is 13.5. The fourth-order valence-electron chi connectivity index (χ4n) is 2.43. The van der Waals surface area contributed by atoms with Gasteiger partial charge in [0.05, 0.1) is 26.4 Å². The Morgan fingerprint density at radius 3 is 2.16 bits per heavy atom. The van der Waals surface area contributed by atoms with Gasteiger partial charge in [0.2, 0.25) is 0 Å². The molecular formula is C24H27O6Y-. The first-order valence-corrected chi connectivity index (χ1v) is 9.95. The summed E-state index contributed by atoms with van der Waals surface area (Å²) in [6, 6.07) is 16.5. The Balaban J connectivity index is 0.00000480. The van der Waals surface area contributed by atoms with E-state index in [0.29, 0.717) is 51.4 Å². The Morgan fingerprint density at radius 2 is 1.55 bits per heavy atom. The van der Waals surface area contributed by atoms with Crippen LogP contribution in [0.15, 0.2) is 55.1 Å². The summed E-state index contributed by atoms with van der Waals surface area (Å²) in [5, 5.41) is 0. The summed E-state index contributed by atoms with van der Waals surface area (Å²) in [6.07, 6.45) is 2.77. The number of ether oxygens (including phenoxy) is 4. The average molecular weight is 500 g/mol. The Morgan fingerprint density at radius 1 is 0.903 bits per heavy atom. The van der Waals surface area contributed by atoms with Gasteiger partial charge in [-0.3, -0.25) is 4.79 Å². The van der Waals surface area contributed by atoms with Gasteiger partial charge in [0, 0.05) is 63.8 Å². The standard InChI is InChI=1S/C24H27O6.Y/c1-3-23(25)29-17-5-15-27-21-11-7-19(8-12-21)20-9-13-22(14-10-20)28-16-6-18-30-24(26)4-2;/h3,7-11,13-14H,1,4-6,15-18H2,2H3;/q-1;. The molecule has 31 heavy (non-hydrogen) atoms. The Labute approximate surface area is 208 Å². The molecule has 0 spiro atoms. The van der Waals surface area contributed by atoms with E-state index in [1.807, 2.05) is 42.5 Å². The number of benzene rings is 2. The van der Waals surface area contributed by atoms with Gasteiger partial charge < -0.3 is 18.9 Å². The molecule has 0 fully saturated rings. The summed E-state index contributed by atoms with van der Waals surface area (Å²) < 4.78 is 21.2. The van der Waals surface area contributed by atoms with Crippen molar-refractivity contribution in [3.05, 3.63) is 61.2 Å². The van der Waals surface area contributed by atoms with Gasteiger partial charge >= 0.3 is 11.9 Å². The quantitative estimate of drug-likeness (QED) is 0.176. The van der Waals surface area contributed by atoms with Gasteiger partial charge in [-0.15, -0.1) is 17.7 Å². The molecule has 0 aromatic heterocycles. The van der Waals surface area contributed by atoms with Crippen LogP contribution in [0.4, 0.5) is 0 Å². The van der Waals surface area contributed by atoms with E-state index in [0.717, 1.165) is 23.0 Å². The normalized spacial score (nSPS) is 9.84. The molecule has 0 heterocycles. The first kappa shape index (κ1) is 26.9. The molecule has 2 aromatic carbocycles. The van der Waals surface area contributed by atoms with Crippen LogP contribution in [0.25, 0.3) is 11.1 Å². The topological polar surface area (TPSA) is 71.1 Å². The average Bonchev–Trinajstić information content (AvgIpc) is 2.79. The van der Waals surface area contributed by atoms with Crippen LogP contribution in [0.3, 0.4) is 0 Å². The molecule has 0 unspecified atom stereocenters. The molecule has 0 saturated heterocycles. The molecule has 1 radical (unpaired) electrons. The third-order valence-electron chi connectivity index (χ3n) is 4.04. The molecule has 0 aliphatic heterocycles. The summed E-state index contributed by atoms with van der Waals surface area (Å²) >= 11 is 0. The maximum absolute atomic E-state index is 11.1. The number of esters is 2. The summed E-state index contributed by atoms with van der Waals surface area (Å²) in [5.74, 6) is 0.778. The second-order valence-corrected chi connectivity index (χ2v) is 6.32. The number of carbonyl (C=O) groups is 2. The molecule has 0 amide bonds. The zero-order valence-electron chi connectivity index (χ0n) is 17.8. The molecule has 0 bridgehead atoms. The van der Waals surface area contributed by atoms with Gasteiger partial charge in [-0.05, 0) is 12.1 Å². The number of carbonyl (C=O) groups excluding carboxylic acids is 2. The second-order valence-electron chi connectivity index (χ2n) is 6.32. The third kappa shape index (κ3) is 10.6. The minimum Gasteiger partial charge on any atom is -0.519 e. The van der Waals surface area contributed by atoms with Gasteiger partial charge in [0.25, 0.3) is 0 Å². The van der Waals surface area contributed by atoms with Crippen LogP contribution in [0.1, 0.15) is 26.2 Å². The van der Waals surface area contributed by atoms with Crippen molar-refractivity contribution < 1.29 is 61.2 Å². The van der Waals surface area contributed by atoms with Gasteiger partial charge in [-0.2, -0.15) is 12.1 Å². The van der Waals surface area contributed by atoms with E-state index < -0.39 is 5.97 Å². The molecule has 0 atom stereocenters. The maximum Gasteiger partial charge on any atom is 0.330 e. The minimum absolute atomic E-state index is 0. The van der Waals surface area contributed by atoms with Crippen molar-refractivity contribution in [3.8, 4) is 22.6 Å². The predicted molar refractivity (Wildman–Crippen MR) is 113 cm³/mol. The molecule has 0 saturated carbocycles. The van der Waals surface area contributed by atoms with Crippen molar-refractivity contribution in [2.45, 2.75) is 26.2 Å². The van der Waals surface area contributed by atoms with Gasteiger partial charge in [0.1, 0.15) is 5.75 Å². The minimum atomic E-state index is -0.431. The molecule has 7 heteroatoms. The van der Waals surface area contributed by atoms with E-state index >= 15 is 0 Å². The van der Waals surface area contributed by atoms with E-state index in [-0.39, 0.29) is 38.7 Å².